The quantitative estimate of drug-likeness (QED) is 0.216. The molecule has 0 fully saturated rings. The van der Waals surface area contributed by atoms with Gasteiger partial charge in [0.2, 0.25) is 10.4 Å². The smallest absolute Gasteiger partial charge is 0.726 e. The average Bonchev–Trinajstić information content (AvgIpc) is 2.07. The summed E-state index contributed by atoms with van der Waals surface area (Å²) in [5.74, 6) is 0.191. The molecule has 0 aromatic carbocycles. The first-order valence-electron chi connectivity index (χ1n) is 5.01. The van der Waals surface area contributed by atoms with Crippen molar-refractivity contribution in [1.82, 2.24) is 0 Å². The van der Waals surface area contributed by atoms with Crippen molar-refractivity contribution < 1.29 is 51.5 Å². The third-order valence-corrected chi connectivity index (χ3v) is 2.36. The molecule has 0 bridgehead atoms. The molecule has 7 heteroatoms. The van der Waals surface area contributed by atoms with Crippen molar-refractivity contribution in [3.8, 4) is 0 Å². The number of carbonyl (C=O) groups excluding carboxylic acids is 1. The molecule has 90 valence electrons. The van der Waals surface area contributed by atoms with Gasteiger partial charge in [0.05, 0.1) is 6.61 Å². The van der Waals surface area contributed by atoms with Gasteiger partial charge < -0.3 is 9.35 Å². The van der Waals surface area contributed by atoms with Crippen LogP contribution in [0.2, 0.25) is 0 Å². The molecule has 0 aromatic heterocycles. The zero-order valence-corrected chi connectivity index (χ0v) is 12.7. The Hall–Kier alpha value is 0.540. The van der Waals surface area contributed by atoms with Crippen molar-refractivity contribution >= 4 is 16.2 Å². The SMILES string of the molecule is CC(=O)CCCCCCCOS(=O)(=O)[O-].[Na+]. The number of carbonyl (C=O) groups is 1. The first kappa shape index (κ1) is 18.9. The van der Waals surface area contributed by atoms with Crippen LogP contribution in [0.3, 0.4) is 0 Å². The first-order valence-corrected chi connectivity index (χ1v) is 6.35. The van der Waals surface area contributed by atoms with Crippen LogP contribution < -0.4 is 29.6 Å². The molecule has 0 spiro atoms. The summed E-state index contributed by atoms with van der Waals surface area (Å²) in [6.45, 7) is 1.52. The van der Waals surface area contributed by atoms with E-state index in [0.717, 1.165) is 25.7 Å². The van der Waals surface area contributed by atoms with Gasteiger partial charge in [-0.15, -0.1) is 0 Å². The van der Waals surface area contributed by atoms with Crippen LogP contribution in [0.25, 0.3) is 0 Å². The molecule has 0 saturated carbocycles. The Morgan fingerprint density at radius 3 is 2.12 bits per heavy atom. The third-order valence-electron chi connectivity index (χ3n) is 1.90. The minimum Gasteiger partial charge on any atom is -0.726 e. The van der Waals surface area contributed by atoms with Crippen molar-refractivity contribution in [2.45, 2.75) is 45.4 Å². The van der Waals surface area contributed by atoms with Crippen LogP contribution in [-0.2, 0) is 19.4 Å². The summed E-state index contributed by atoms with van der Waals surface area (Å²) in [5, 5.41) is 0. The molecular formula is C9H17NaO5S. The summed E-state index contributed by atoms with van der Waals surface area (Å²) < 4.78 is 34.1. The van der Waals surface area contributed by atoms with Gasteiger partial charge >= 0.3 is 29.6 Å². The largest absolute Gasteiger partial charge is 1.00 e. The maximum Gasteiger partial charge on any atom is 1.00 e. The second kappa shape index (κ2) is 10.7. The Bertz CT molecular complexity index is 276. The predicted octanol–water partition coefficient (Wildman–Crippen LogP) is -1.60. The van der Waals surface area contributed by atoms with Gasteiger partial charge in [-0.25, -0.2) is 8.42 Å². The number of hydrogen-bond donors (Lipinski definition) is 0. The zero-order chi connectivity index (χ0) is 11.7. The van der Waals surface area contributed by atoms with E-state index in [0.29, 0.717) is 12.8 Å². The maximum atomic E-state index is 10.6. The molecule has 0 heterocycles. The molecule has 0 N–H and O–H groups in total. The van der Waals surface area contributed by atoms with Crippen LogP contribution in [0.15, 0.2) is 0 Å². The molecule has 0 amide bonds. The molecule has 0 aliphatic rings. The fourth-order valence-electron chi connectivity index (χ4n) is 1.17. The first-order chi connectivity index (χ1) is 6.92. The van der Waals surface area contributed by atoms with E-state index >= 15 is 0 Å². The van der Waals surface area contributed by atoms with E-state index < -0.39 is 10.4 Å². The van der Waals surface area contributed by atoms with E-state index in [-0.39, 0.29) is 41.9 Å². The van der Waals surface area contributed by atoms with Crippen LogP contribution >= 0.6 is 0 Å². The standard InChI is InChI=1S/C9H18O5S.Na/c1-9(10)7-5-3-2-4-6-8-14-15(11,12)13;/h2-8H2,1H3,(H,11,12,13);/q;+1/p-1. The molecule has 0 atom stereocenters. The van der Waals surface area contributed by atoms with Crippen LogP contribution in [0.4, 0.5) is 0 Å². The van der Waals surface area contributed by atoms with Gasteiger partial charge in [-0.3, -0.25) is 4.18 Å². The Labute approximate surface area is 119 Å². The summed E-state index contributed by atoms with van der Waals surface area (Å²) in [6.07, 6.45) is 4.72. The molecule has 0 radical (unpaired) electrons. The molecular weight excluding hydrogens is 243 g/mol. The molecule has 0 aliphatic heterocycles. The number of hydrogen-bond acceptors (Lipinski definition) is 5. The fourth-order valence-corrected chi connectivity index (χ4v) is 1.49. The summed E-state index contributed by atoms with van der Waals surface area (Å²) >= 11 is 0. The van der Waals surface area contributed by atoms with Gasteiger partial charge in [-0.2, -0.15) is 0 Å². The fraction of sp³-hybridized carbons (Fsp3) is 0.889. The van der Waals surface area contributed by atoms with Crippen LogP contribution in [-0.4, -0.2) is 25.4 Å². The minimum atomic E-state index is -4.53. The maximum absolute atomic E-state index is 10.6. The Morgan fingerprint density at radius 2 is 1.62 bits per heavy atom. The summed E-state index contributed by atoms with van der Waals surface area (Å²) in [5.41, 5.74) is 0. The van der Waals surface area contributed by atoms with E-state index in [4.69, 9.17) is 0 Å². The number of ketones is 1. The van der Waals surface area contributed by atoms with Crippen molar-refractivity contribution in [2.75, 3.05) is 6.61 Å². The van der Waals surface area contributed by atoms with Crippen LogP contribution in [0.1, 0.15) is 45.4 Å². The topological polar surface area (TPSA) is 83.5 Å². The summed E-state index contributed by atoms with van der Waals surface area (Å²) in [7, 11) is -4.53. The molecule has 0 aliphatic carbocycles. The van der Waals surface area contributed by atoms with Gasteiger partial charge in [0.1, 0.15) is 5.78 Å². The molecule has 16 heavy (non-hydrogen) atoms. The Kier molecular flexibility index (Phi) is 12.6. The van der Waals surface area contributed by atoms with E-state index in [1.165, 1.54) is 0 Å². The molecule has 5 nitrogen and oxygen atoms in total. The second-order valence-corrected chi connectivity index (χ2v) is 4.50. The molecule has 0 aromatic rings. The van der Waals surface area contributed by atoms with Crippen molar-refractivity contribution in [3.05, 3.63) is 0 Å². The number of rotatable bonds is 9. The zero-order valence-electron chi connectivity index (χ0n) is 9.90. The van der Waals surface area contributed by atoms with Crippen molar-refractivity contribution in [1.29, 1.82) is 0 Å². The Balaban J connectivity index is 0. The van der Waals surface area contributed by atoms with E-state index in [1.807, 2.05) is 0 Å². The summed E-state index contributed by atoms with van der Waals surface area (Å²) in [6, 6.07) is 0. The van der Waals surface area contributed by atoms with E-state index in [1.54, 1.807) is 6.92 Å². The molecule has 0 rings (SSSR count). The van der Waals surface area contributed by atoms with Gasteiger partial charge in [-0.05, 0) is 19.8 Å². The second-order valence-electron chi connectivity index (χ2n) is 3.45. The van der Waals surface area contributed by atoms with Crippen LogP contribution in [0, 0.1) is 0 Å². The summed E-state index contributed by atoms with van der Waals surface area (Å²) in [4.78, 5) is 10.6. The van der Waals surface area contributed by atoms with Gasteiger partial charge in [0.25, 0.3) is 0 Å². The predicted molar refractivity (Wildman–Crippen MR) is 54.0 cm³/mol. The van der Waals surface area contributed by atoms with Crippen molar-refractivity contribution in [3.63, 3.8) is 0 Å². The number of unbranched alkanes of at least 4 members (excludes halogenated alkanes) is 4. The van der Waals surface area contributed by atoms with Crippen molar-refractivity contribution in [2.24, 2.45) is 0 Å². The van der Waals surface area contributed by atoms with E-state index in [9.17, 15) is 17.8 Å². The van der Waals surface area contributed by atoms with Gasteiger partial charge in [-0.1, -0.05) is 19.3 Å². The monoisotopic (exact) mass is 260 g/mol. The van der Waals surface area contributed by atoms with E-state index in [2.05, 4.69) is 4.18 Å². The Morgan fingerprint density at radius 1 is 1.12 bits per heavy atom. The van der Waals surface area contributed by atoms with Crippen LogP contribution in [0.5, 0.6) is 0 Å². The molecule has 0 saturated heterocycles. The minimum absolute atomic E-state index is 0. The van der Waals surface area contributed by atoms with Gasteiger partial charge in [0.15, 0.2) is 0 Å². The normalized spacial score (nSPS) is 10.9. The molecule has 0 unspecified atom stereocenters. The number of Topliss-reactive ketones (excluding diaryl/α,β-unsaturated/α-hetero) is 1. The average molecular weight is 260 g/mol. The van der Waals surface area contributed by atoms with Gasteiger partial charge in [0, 0.05) is 6.42 Å². The third kappa shape index (κ3) is 17.0.